The molecule has 2 heterocycles. The highest BCUT2D eigenvalue weighted by atomic mass is 16.5. The predicted octanol–water partition coefficient (Wildman–Crippen LogP) is -0.103. The van der Waals surface area contributed by atoms with Gasteiger partial charge in [0, 0.05) is 12.6 Å². The normalized spacial score (nSPS) is 17.3. The predicted molar refractivity (Wildman–Crippen MR) is 85.4 cm³/mol. The molecule has 9 heteroatoms. The highest BCUT2D eigenvalue weighted by molar-refractivity contribution is 5.99. The van der Waals surface area contributed by atoms with E-state index in [-0.39, 0.29) is 31.1 Å². The summed E-state index contributed by atoms with van der Waals surface area (Å²) in [6.07, 6.45) is 0. The molecule has 1 aromatic heterocycles. The van der Waals surface area contributed by atoms with Gasteiger partial charge >= 0.3 is 5.97 Å². The first kappa shape index (κ1) is 16.7. The molecule has 0 radical (unpaired) electrons. The SMILES string of the molecule is NC(=O)c1cc(C(=O)N2CCOC[C@@H]2C(=O)O)nn1-c1ccccc1. The maximum atomic E-state index is 12.7. The van der Waals surface area contributed by atoms with E-state index in [9.17, 15) is 19.5 Å². The molecule has 1 saturated heterocycles. The minimum Gasteiger partial charge on any atom is -0.480 e. The maximum absolute atomic E-state index is 12.7. The number of benzene rings is 1. The van der Waals surface area contributed by atoms with E-state index >= 15 is 0 Å². The highest BCUT2D eigenvalue weighted by Gasteiger charge is 2.34. The van der Waals surface area contributed by atoms with Crippen molar-refractivity contribution < 1.29 is 24.2 Å². The zero-order valence-electron chi connectivity index (χ0n) is 13.2. The number of para-hydroxylation sites is 1. The minimum atomic E-state index is -1.16. The van der Waals surface area contributed by atoms with Crippen LogP contribution in [0.15, 0.2) is 36.4 Å². The van der Waals surface area contributed by atoms with Crippen molar-refractivity contribution in [3.05, 3.63) is 47.8 Å². The number of hydrogen-bond donors (Lipinski definition) is 2. The van der Waals surface area contributed by atoms with Crippen LogP contribution in [0, 0.1) is 0 Å². The molecule has 0 saturated carbocycles. The Morgan fingerprint density at radius 2 is 1.96 bits per heavy atom. The number of carbonyl (C=O) groups excluding carboxylic acids is 2. The summed E-state index contributed by atoms with van der Waals surface area (Å²) in [5, 5.41) is 13.4. The number of aliphatic carboxylic acids is 1. The van der Waals surface area contributed by atoms with Crippen molar-refractivity contribution in [3.8, 4) is 5.69 Å². The molecule has 1 aromatic carbocycles. The minimum absolute atomic E-state index is 0.0367. The number of carboxylic acids is 1. The molecule has 0 bridgehead atoms. The van der Waals surface area contributed by atoms with E-state index in [1.54, 1.807) is 30.3 Å². The Balaban J connectivity index is 1.98. The standard InChI is InChI=1S/C16H16N4O5/c17-14(21)12-8-11(18-20(12)10-4-2-1-3-5-10)15(22)19-6-7-25-9-13(19)16(23)24/h1-5,8,13H,6-7,9H2,(H2,17,21)(H,23,24)/t13-/m1/s1. The van der Waals surface area contributed by atoms with Gasteiger partial charge in [-0.15, -0.1) is 0 Å². The van der Waals surface area contributed by atoms with Crippen LogP contribution in [0.1, 0.15) is 21.0 Å². The molecule has 2 aromatic rings. The van der Waals surface area contributed by atoms with Crippen molar-refractivity contribution in [1.29, 1.82) is 0 Å². The van der Waals surface area contributed by atoms with Crippen LogP contribution < -0.4 is 5.73 Å². The average Bonchev–Trinajstić information content (AvgIpc) is 3.07. The lowest BCUT2D eigenvalue weighted by molar-refractivity contribution is -0.147. The fraction of sp³-hybridized carbons (Fsp3) is 0.250. The fourth-order valence-corrected chi connectivity index (χ4v) is 2.63. The number of ether oxygens (including phenoxy) is 1. The second kappa shape index (κ2) is 6.73. The summed E-state index contributed by atoms with van der Waals surface area (Å²) >= 11 is 0. The summed E-state index contributed by atoms with van der Waals surface area (Å²) in [4.78, 5) is 36.9. The van der Waals surface area contributed by atoms with Gasteiger partial charge in [0.1, 0.15) is 5.69 Å². The van der Waals surface area contributed by atoms with E-state index in [0.717, 1.165) is 0 Å². The van der Waals surface area contributed by atoms with Crippen molar-refractivity contribution in [3.63, 3.8) is 0 Å². The van der Waals surface area contributed by atoms with Crippen LogP contribution in [0.3, 0.4) is 0 Å². The number of carboxylic acid groups (broad SMARTS) is 1. The zero-order valence-corrected chi connectivity index (χ0v) is 13.2. The Kier molecular flexibility index (Phi) is 4.48. The van der Waals surface area contributed by atoms with E-state index < -0.39 is 23.8 Å². The van der Waals surface area contributed by atoms with Gasteiger partial charge in [0.15, 0.2) is 11.7 Å². The second-order valence-electron chi connectivity index (χ2n) is 5.45. The van der Waals surface area contributed by atoms with Crippen molar-refractivity contribution in [1.82, 2.24) is 14.7 Å². The largest absolute Gasteiger partial charge is 0.480 e. The second-order valence-corrected chi connectivity index (χ2v) is 5.45. The Labute approximate surface area is 142 Å². The van der Waals surface area contributed by atoms with Crippen LogP contribution in [0.4, 0.5) is 0 Å². The van der Waals surface area contributed by atoms with Crippen LogP contribution in [-0.2, 0) is 9.53 Å². The molecule has 1 fully saturated rings. The molecule has 9 nitrogen and oxygen atoms in total. The van der Waals surface area contributed by atoms with Crippen LogP contribution >= 0.6 is 0 Å². The third-order valence-corrected chi connectivity index (χ3v) is 3.86. The molecular formula is C16H16N4O5. The first-order chi connectivity index (χ1) is 12.0. The summed E-state index contributed by atoms with van der Waals surface area (Å²) in [6, 6.07) is 8.91. The van der Waals surface area contributed by atoms with Gasteiger partial charge < -0.3 is 20.5 Å². The monoisotopic (exact) mass is 344 g/mol. The Morgan fingerprint density at radius 1 is 1.24 bits per heavy atom. The van der Waals surface area contributed by atoms with Gasteiger partial charge in [-0.25, -0.2) is 9.48 Å². The number of carbonyl (C=O) groups is 3. The number of nitrogens with zero attached hydrogens (tertiary/aromatic N) is 3. The molecule has 2 amide bonds. The highest BCUT2D eigenvalue weighted by Crippen LogP contribution is 2.16. The summed E-state index contributed by atoms with van der Waals surface area (Å²) in [7, 11) is 0. The average molecular weight is 344 g/mol. The lowest BCUT2D eigenvalue weighted by Gasteiger charge is -2.32. The summed E-state index contributed by atoms with van der Waals surface area (Å²) in [5.41, 5.74) is 5.93. The molecule has 1 aliphatic rings. The first-order valence-corrected chi connectivity index (χ1v) is 7.56. The molecular weight excluding hydrogens is 328 g/mol. The maximum Gasteiger partial charge on any atom is 0.328 e. The molecule has 3 N–H and O–H groups in total. The number of aromatic nitrogens is 2. The van der Waals surface area contributed by atoms with E-state index in [2.05, 4.69) is 5.10 Å². The van der Waals surface area contributed by atoms with Gasteiger partial charge in [-0.3, -0.25) is 9.59 Å². The molecule has 1 atom stereocenters. The third kappa shape index (κ3) is 3.22. The number of morpholine rings is 1. The summed E-state index contributed by atoms with van der Waals surface area (Å²) in [6.45, 7) is 0.265. The molecule has 0 spiro atoms. The van der Waals surface area contributed by atoms with Crippen molar-refractivity contribution in [2.75, 3.05) is 19.8 Å². The number of nitrogens with two attached hydrogens (primary N) is 1. The van der Waals surface area contributed by atoms with Crippen LogP contribution in [0.2, 0.25) is 0 Å². The molecule has 0 unspecified atom stereocenters. The Bertz CT molecular complexity index is 817. The third-order valence-electron chi connectivity index (χ3n) is 3.86. The quantitative estimate of drug-likeness (QED) is 0.797. The smallest absolute Gasteiger partial charge is 0.328 e. The lowest BCUT2D eigenvalue weighted by atomic mass is 10.2. The van der Waals surface area contributed by atoms with E-state index in [1.807, 2.05) is 0 Å². The van der Waals surface area contributed by atoms with E-state index in [0.29, 0.717) is 5.69 Å². The van der Waals surface area contributed by atoms with Gasteiger partial charge in [-0.05, 0) is 12.1 Å². The van der Waals surface area contributed by atoms with Gasteiger partial charge in [-0.2, -0.15) is 5.10 Å². The van der Waals surface area contributed by atoms with Gasteiger partial charge in [-0.1, -0.05) is 18.2 Å². The number of amides is 2. The van der Waals surface area contributed by atoms with Gasteiger partial charge in [0.25, 0.3) is 11.8 Å². The Morgan fingerprint density at radius 3 is 2.60 bits per heavy atom. The first-order valence-electron chi connectivity index (χ1n) is 7.56. The Hall–Kier alpha value is -3.20. The summed E-state index contributed by atoms with van der Waals surface area (Å²) < 4.78 is 6.39. The molecule has 3 rings (SSSR count). The van der Waals surface area contributed by atoms with Crippen molar-refractivity contribution in [2.45, 2.75) is 6.04 Å². The summed E-state index contributed by atoms with van der Waals surface area (Å²) in [5.74, 6) is -2.49. The van der Waals surface area contributed by atoms with Crippen LogP contribution in [0.5, 0.6) is 0 Å². The molecule has 130 valence electrons. The molecule has 1 aliphatic heterocycles. The number of rotatable bonds is 4. The number of hydrogen-bond acceptors (Lipinski definition) is 5. The van der Waals surface area contributed by atoms with Crippen molar-refractivity contribution >= 4 is 17.8 Å². The van der Waals surface area contributed by atoms with Gasteiger partial charge in [0.2, 0.25) is 0 Å². The lowest BCUT2D eigenvalue weighted by Crippen LogP contribution is -2.52. The van der Waals surface area contributed by atoms with Crippen LogP contribution in [0.25, 0.3) is 5.69 Å². The molecule has 0 aliphatic carbocycles. The van der Waals surface area contributed by atoms with E-state index in [4.69, 9.17) is 10.5 Å². The van der Waals surface area contributed by atoms with Crippen LogP contribution in [-0.4, -0.2) is 63.4 Å². The zero-order chi connectivity index (χ0) is 18.0. The fourth-order valence-electron chi connectivity index (χ4n) is 2.63. The van der Waals surface area contributed by atoms with Crippen molar-refractivity contribution in [2.24, 2.45) is 5.73 Å². The number of primary amides is 1. The van der Waals surface area contributed by atoms with Gasteiger partial charge in [0.05, 0.1) is 18.9 Å². The topological polar surface area (TPSA) is 128 Å². The van der Waals surface area contributed by atoms with E-state index in [1.165, 1.54) is 15.6 Å². The molecule has 25 heavy (non-hydrogen) atoms.